The monoisotopic (exact) mass is 486 g/mol. The van der Waals surface area contributed by atoms with E-state index in [0.29, 0.717) is 4.90 Å². The van der Waals surface area contributed by atoms with E-state index >= 15 is 0 Å². The van der Waals surface area contributed by atoms with Gasteiger partial charge in [0.1, 0.15) is 16.5 Å². The van der Waals surface area contributed by atoms with Gasteiger partial charge in [-0.15, -0.1) is 11.3 Å². The van der Waals surface area contributed by atoms with E-state index in [0.717, 1.165) is 67.7 Å². The lowest BCUT2D eigenvalue weighted by Crippen LogP contribution is -2.36. The van der Waals surface area contributed by atoms with Crippen LogP contribution in [-0.4, -0.2) is 62.9 Å². The molecule has 2 aliphatic rings. The van der Waals surface area contributed by atoms with E-state index in [1.807, 2.05) is 23.5 Å². The predicted octanol–water partition coefficient (Wildman–Crippen LogP) is 3.61. The molecule has 3 heterocycles. The lowest BCUT2D eigenvalue weighted by Gasteiger charge is -2.29. The third kappa shape index (κ3) is 4.51. The number of hydrogen-bond acceptors (Lipinski definition) is 8. The molecule has 2 aromatic heterocycles. The van der Waals surface area contributed by atoms with Crippen LogP contribution in [0.3, 0.4) is 0 Å². The van der Waals surface area contributed by atoms with Crippen molar-refractivity contribution >= 4 is 37.2 Å². The Morgan fingerprint density at radius 2 is 1.88 bits per heavy atom. The fraction of sp³-hybridized carbons (Fsp3) is 0.500. The first-order valence-corrected chi connectivity index (χ1v) is 14.2. The van der Waals surface area contributed by atoms with Gasteiger partial charge in [-0.05, 0) is 49.4 Å². The van der Waals surface area contributed by atoms with Crippen LogP contribution in [0.25, 0.3) is 10.2 Å². The van der Waals surface area contributed by atoms with Crippen molar-refractivity contribution < 1.29 is 13.2 Å². The number of benzene rings is 1. The molecule has 0 bridgehead atoms. The first-order chi connectivity index (χ1) is 15.8. The second kappa shape index (κ2) is 8.94. The van der Waals surface area contributed by atoms with Gasteiger partial charge in [0.25, 0.3) is 0 Å². The molecular weight excluding hydrogens is 456 g/mol. The van der Waals surface area contributed by atoms with E-state index < -0.39 is 9.84 Å². The van der Waals surface area contributed by atoms with Crippen LogP contribution < -0.4 is 4.90 Å². The van der Waals surface area contributed by atoms with Gasteiger partial charge in [0, 0.05) is 31.3 Å². The van der Waals surface area contributed by atoms with Crippen molar-refractivity contribution in [2.45, 2.75) is 43.7 Å². The quantitative estimate of drug-likeness (QED) is 0.527. The first-order valence-electron chi connectivity index (χ1n) is 11.5. The highest BCUT2D eigenvalue weighted by Gasteiger charge is 2.26. The molecule has 1 saturated heterocycles. The second-order valence-corrected chi connectivity index (χ2v) is 12.1. The SMILES string of the molecule is CC(c1ccc(S(C)(=O)=O)cc1)N(C)c1nc(CN2CCOCC2)nc2sc3c(c12)CCC3. The normalized spacial score (nSPS) is 17.9. The number of aromatic nitrogens is 2. The van der Waals surface area contributed by atoms with Gasteiger partial charge in [-0.25, -0.2) is 18.4 Å². The Balaban J connectivity index is 1.52. The highest BCUT2D eigenvalue weighted by Crippen LogP contribution is 2.42. The average molecular weight is 487 g/mol. The summed E-state index contributed by atoms with van der Waals surface area (Å²) in [7, 11) is -1.13. The molecule has 3 aromatic rings. The molecule has 1 unspecified atom stereocenters. The predicted molar refractivity (Wildman–Crippen MR) is 132 cm³/mol. The summed E-state index contributed by atoms with van der Waals surface area (Å²) in [5, 5.41) is 1.19. The zero-order valence-corrected chi connectivity index (χ0v) is 21.0. The van der Waals surface area contributed by atoms with Crippen molar-refractivity contribution in [2.75, 3.05) is 44.5 Å². The zero-order chi connectivity index (χ0) is 23.2. The molecule has 1 aliphatic carbocycles. The standard InChI is InChI=1S/C24H30N4O3S2/c1-16(17-7-9-18(10-8-17)33(3,29)30)27(2)23-22-19-5-4-6-20(19)32-24(22)26-21(25-23)15-28-11-13-31-14-12-28/h7-10,16H,4-6,11-15H2,1-3H3. The Morgan fingerprint density at radius 3 is 2.58 bits per heavy atom. The third-order valence-electron chi connectivity index (χ3n) is 6.77. The van der Waals surface area contributed by atoms with E-state index in [1.54, 1.807) is 12.1 Å². The first kappa shape index (κ1) is 22.7. The van der Waals surface area contributed by atoms with Crippen molar-refractivity contribution in [3.8, 4) is 0 Å². The topological polar surface area (TPSA) is 75.6 Å². The summed E-state index contributed by atoms with van der Waals surface area (Å²) in [4.78, 5) is 17.5. The second-order valence-electron chi connectivity index (χ2n) is 9.02. The highest BCUT2D eigenvalue weighted by atomic mass is 32.2. The van der Waals surface area contributed by atoms with Gasteiger partial charge in [-0.3, -0.25) is 4.90 Å². The molecule has 0 amide bonds. The number of thiophene rings is 1. The Bertz CT molecular complexity index is 1270. The maximum Gasteiger partial charge on any atom is 0.175 e. The van der Waals surface area contributed by atoms with Crippen LogP contribution in [0.2, 0.25) is 0 Å². The number of anilines is 1. The largest absolute Gasteiger partial charge is 0.379 e. The molecule has 5 rings (SSSR count). The van der Waals surface area contributed by atoms with Crippen molar-refractivity contribution in [2.24, 2.45) is 0 Å². The van der Waals surface area contributed by atoms with Crippen LogP contribution >= 0.6 is 11.3 Å². The fourth-order valence-electron chi connectivity index (χ4n) is 4.71. The van der Waals surface area contributed by atoms with Gasteiger partial charge < -0.3 is 9.64 Å². The summed E-state index contributed by atoms with van der Waals surface area (Å²) in [5.74, 6) is 1.83. The molecule has 0 saturated carbocycles. The number of ether oxygens (including phenoxy) is 1. The third-order valence-corrected chi connectivity index (χ3v) is 9.08. The minimum absolute atomic E-state index is 0.0323. The number of hydrogen-bond donors (Lipinski definition) is 0. The molecule has 33 heavy (non-hydrogen) atoms. The number of nitrogens with zero attached hydrogens (tertiary/aromatic N) is 4. The maximum atomic E-state index is 11.9. The van der Waals surface area contributed by atoms with E-state index in [9.17, 15) is 8.42 Å². The zero-order valence-electron chi connectivity index (χ0n) is 19.4. The van der Waals surface area contributed by atoms with Crippen molar-refractivity contribution in [1.29, 1.82) is 0 Å². The van der Waals surface area contributed by atoms with Crippen LogP contribution in [-0.2, 0) is 34.0 Å². The molecule has 1 atom stereocenters. The van der Waals surface area contributed by atoms with E-state index in [2.05, 4.69) is 23.8 Å². The van der Waals surface area contributed by atoms with Crippen molar-refractivity contribution in [3.05, 3.63) is 46.1 Å². The summed E-state index contributed by atoms with van der Waals surface area (Å²) in [6.07, 6.45) is 4.64. The van der Waals surface area contributed by atoms with Gasteiger partial charge in [-0.1, -0.05) is 12.1 Å². The molecule has 1 aromatic carbocycles. The van der Waals surface area contributed by atoms with Crippen molar-refractivity contribution in [3.63, 3.8) is 0 Å². The number of rotatable bonds is 6. The fourth-order valence-corrected chi connectivity index (χ4v) is 6.61. The van der Waals surface area contributed by atoms with Crippen LogP contribution in [0.4, 0.5) is 5.82 Å². The summed E-state index contributed by atoms with van der Waals surface area (Å²) in [6.45, 7) is 6.16. The molecule has 0 N–H and O–H groups in total. The smallest absolute Gasteiger partial charge is 0.175 e. The molecular formula is C24H30N4O3S2. The number of morpholine rings is 1. The van der Waals surface area contributed by atoms with Crippen LogP contribution in [0.5, 0.6) is 0 Å². The summed E-state index contributed by atoms with van der Waals surface area (Å²) in [5.41, 5.74) is 2.47. The van der Waals surface area contributed by atoms with Crippen LogP contribution in [0.15, 0.2) is 29.2 Å². The van der Waals surface area contributed by atoms with Gasteiger partial charge in [0.05, 0.1) is 36.1 Å². The Morgan fingerprint density at radius 1 is 1.15 bits per heavy atom. The number of sulfone groups is 1. The highest BCUT2D eigenvalue weighted by molar-refractivity contribution is 7.90. The molecule has 0 spiro atoms. The molecule has 7 nitrogen and oxygen atoms in total. The van der Waals surface area contributed by atoms with E-state index in [4.69, 9.17) is 14.7 Å². The Labute approximate surface area is 199 Å². The van der Waals surface area contributed by atoms with Crippen LogP contribution in [0, 0.1) is 0 Å². The average Bonchev–Trinajstić information content (AvgIpc) is 3.39. The minimum atomic E-state index is -3.21. The minimum Gasteiger partial charge on any atom is -0.379 e. The molecule has 9 heteroatoms. The number of fused-ring (bicyclic) bond motifs is 3. The molecule has 176 valence electrons. The van der Waals surface area contributed by atoms with E-state index in [-0.39, 0.29) is 6.04 Å². The van der Waals surface area contributed by atoms with E-state index in [1.165, 1.54) is 28.5 Å². The van der Waals surface area contributed by atoms with Gasteiger partial charge in [0.15, 0.2) is 9.84 Å². The number of aryl methyl sites for hydroxylation is 2. The van der Waals surface area contributed by atoms with Gasteiger partial charge >= 0.3 is 0 Å². The molecule has 0 radical (unpaired) electrons. The molecule has 1 aliphatic heterocycles. The van der Waals surface area contributed by atoms with Crippen LogP contribution in [0.1, 0.15) is 41.2 Å². The lowest BCUT2D eigenvalue weighted by atomic mass is 10.1. The summed E-state index contributed by atoms with van der Waals surface area (Å²) >= 11 is 1.82. The molecule has 1 fully saturated rings. The van der Waals surface area contributed by atoms with Crippen molar-refractivity contribution in [1.82, 2.24) is 14.9 Å². The Hall–Kier alpha value is -2.07. The van der Waals surface area contributed by atoms with Gasteiger partial charge in [0.2, 0.25) is 0 Å². The Kier molecular flexibility index (Phi) is 6.15. The summed E-state index contributed by atoms with van der Waals surface area (Å²) < 4.78 is 29.2. The lowest BCUT2D eigenvalue weighted by molar-refractivity contribution is 0.0331. The van der Waals surface area contributed by atoms with Gasteiger partial charge in [-0.2, -0.15) is 0 Å². The maximum absolute atomic E-state index is 11.9. The summed E-state index contributed by atoms with van der Waals surface area (Å²) in [6, 6.07) is 7.23.